The van der Waals surface area contributed by atoms with Crippen LogP contribution in [0.15, 0.2) is 36.7 Å². The van der Waals surface area contributed by atoms with Crippen LogP contribution in [0.2, 0.25) is 0 Å². The van der Waals surface area contributed by atoms with E-state index in [1.165, 1.54) is 5.56 Å². The third-order valence-corrected chi connectivity index (χ3v) is 4.74. The van der Waals surface area contributed by atoms with Crippen molar-refractivity contribution < 1.29 is 9.90 Å². The molecular weight excluding hydrogens is 328 g/mol. The number of nitrogens with zero attached hydrogens (tertiary/aromatic N) is 3. The van der Waals surface area contributed by atoms with E-state index in [0.29, 0.717) is 17.4 Å². The van der Waals surface area contributed by atoms with Gasteiger partial charge in [-0.25, -0.2) is 14.8 Å². The first-order chi connectivity index (χ1) is 12.6. The molecule has 6 nitrogen and oxygen atoms in total. The van der Waals surface area contributed by atoms with Gasteiger partial charge in [0, 0.05) is 37.6 Å². The Hall–Kier alpha value is -2.47. The maximum absolute atomic E-state index is 10.9. The SMILES string of the molecule is CCCNc1ncc(CN2CCC(Cc3ccc(C(=O)O)cc3)C2)cn1. The largest absolute Gasteiger partial charge is 0.478 e. The number of hydrogen-bond acceptors (Lipinski definition) is 5. The summed E-state index contributed by atoms with van der Waals surface area (Å²) >= 11 is 0. The number of carbonyl (C=O) groups is 1. The van der Waals surface area contributed by atoms with E-state index in [9.17, 15) is 4.79 Å². The van der Waals surface area contributed by atoms with E-state index >= 15 is 0 Å². The Morgan fingerprint density at radius 2 is 1.96 bits per heavy atom. The van der Waals surface area contributed by atoms with Crippen LogP contribution >= 0.6 is 0 Å². The van der Waals surface area contributed by atoms with Gasteiger partial charge in [-0.05, 0) is 49.4 Å². The Morgan fingerprint density at radius 1 is 1.23 bits per heavy atom. The lowest BCUT2D eigenvalue weighted by atomic mass is 9.98. The summed E-state index contributed by atoms with van der Waals surface area (Å²) in [5.41, 5.74) is 2.69. The molecule has 1 saturated heterocycles. The standard InChI is InChI=1S/C20H26N4O2/c1-2-8-21-20-22-11-17(12-23-20)14-24-9-7-16(13-24)10-15-3-5-18(6-4-15)19(25)26/h3-6,11-12,16H,2,7-10,13-14H2,1H3,(H,25,26)(H,21,22,23). The first-order valence-corrected chi connectivity index (χ1v) is 9.23. The van der Waals surface area contributed by atoms with E-state index < -0.39 is 5.97 Å². The topological polar surface area (TPSA) is 78.4 Å². The molecule has 2 heterocycles. The number of aromatic carboxylic acids is 1. The lowest BCUT2D eigenvalue weighted by Gasteiger charge is -2.16. The molecule has 0 spiro atoms. The maximum atomic E-state index is 10.9. The summed E-state index contributed by atoms with van der Waals surface area (Å²) in [4.78, 5) is 22.1. The molecular formula is C20H26N4O2. The molecule has 1 unspecified atom stereocenters. The van der Waals surface area contributed by atoms with Gasteiger partial charge in [-0.2, -0.15) is 0 Å². The third kappa shape index (κ3) is 5.02. The van der Waals surface area contributed by atoms with E-state index in [-0.39, 0.29) is 0 Å². The van der Waals surface area contributed by atoms with Gasteiger partial charge in [0.25, 0.3) is 0 Å². The van der Waals surface area contributed by atoms with E-state index in [0.717, 1.165) is 51.0 Å². The van der Waals surface area contributed by atoms with Crippen molar-refractivity contribution in [1.82, 2.24) is 14.9 Å². The highest BCUT2D eigenvalue weighted by Crippen LogP contribution is 2.22. The van der Waals surface area contributed by atoms with Gasteiger partial charge in [0.15, 0.2) is 0 Å². The minimum absolute atomic E-state index is 0.346. The van der Waals surface area contributed by atoms with Crippen LogP contribution in [0.3, 0.4) is 0 Å². The van der Waals surface area contributed by atoms with Crippen LogP contribution in [0.25, 0.3) is 0 Å². The number of benzene rings is 1. The molecule has 1 atom stereocenters. The van der Waals surface area contributed by atoms with Crippen LogP contribution in [0.4, 0.5) is 5.95 Å². The molecule has 26 heavy (non-hydrogen) atoms. The van der Waals surface area contributed by atoms with Gasteiger partial charge in [-0.3, -0.25) is 4.90 Å². The number of nitrogens with one attached hydrogen (secondary N) is 1. The summed E-state index contributed by atoms with van der Waals surface area (Å²) < 4.78 is 0. The van der Waals surface area contributed by atoms with Crippen molar-refractivity contribution in [1.29, 1.82) is 0 Å². The first kappa shape index (κ1) is 18.3. The van der Waals surface area contributed by atoms with Crippen molar-refractivity contribution in [2.75, 3.05) is 25.0 Å². The molecule has 1 aromatic carbocycles. The minimum atomic E-state index is -0.873. The average Bonchev–Trinajstić information content (AvgIpc) is 3.08. The summed E-state index contributed by atoms with van der Waals surface area (Å²) in [5, 5.41) is 12.2. The summed E-state index contributed by atoms with van der Waals surface area (Å²) in [6.07, 6.45) is 7.02. The zero-order valence-electron chi connectivity index (χ0n) is 15.2. The lowest BCUT2D eigenvalue weighted by Crippen LogP contribution is -2.21. The number of hydrogen-bond donors (Lipinski definition) is 2. The molecule has 138 valence electrons. The van der Waals surface area contributed by atoms with Crippen molar-refractivity contribution in [3.63, 3.8) is 0 Å². The third-order valence-electron chi connectivity index (χ3n) is 4.74. The van der Waals surface area contributed by atoms with Gasteiger partial charge in [-0.1, -0.05) is 19.1 Å². The fraction of sp³-hybridized carbons (Fsp3) is 0.450. The molecule has 1 aliphatic heterocycles. The molecule has 0 bridgehead atoms. The fourth-order valence-electron chi connectivity index (χ4n) is 3.36. The van der Waals surface area contributed by atoms with Gasteiger partial charge < -0.3 is 10.4 Å². The molecule has 0 radical (unpaired) electrons. The molecule has 1 aromatic heterocycles. The predicted octanol–water partition coefficient (Wildman–Crippen LogP) is 3.06. The van der Waals surface area contributed by atoms with Gasteiger partial charge in [0.2, 0.25) is 5.95 Å². The van der Waals surface area contributed by atoms with E-state index in [4.69, 9.17) is 5.11 Å². The number of carboxylic acid groups (broad SMARTS) is 1. The lowest BCUT2D eigenvalue weighted by molar-refractivity contribution is 0.0697. The van der Waals surface area contributed by atoms with E-state index in [1.54, 1.807) is 12.1 Å². The Kier molecular flexibility index (Phi) is 6.17. The molecule has 2 N–H and O–H groups in total. The molecule has 1 aliphatic rings. The van der Waals surface area contributed by atoms with Gasteiger partial charge in [-0.15, -0.1) is 0 Å². The highest BCUT2D eigenvalue weighted by Gasteiger charge is 2.22. The summed E-state index contributed by atoms with van der Waals surface area (Å²) in [6, 6.07) is 7.25. The highest BCUT2D eigenvalue weighted by molar-refractivity contribution is 5.87. The number of rotatable bonds is 8. The van der Waals surface area contributed by atoms with Crippen LogP contribution < -0.4 is 5.32 Å². The highest BCUT2D eigenvalue weighted by atomic mass is 16.4. The summed E-state index contributed by atoms with van der Waals surface area (Å²) in [7, 11) is 0. The molecule has 0 aliphatic carbocycles. The Balaban J connectivity index is 1.48. The van der Waals surface area contributed by atoms with Crippen LogP contribution in [0.1, 0.15) is 41.3 Å². The second kappa shape index (κ2) is 8.76. The van der Waals surface area contributed by atoms with Crippen LogP contribution in [-0.2, 0) is 13.0 Å². The second-order valence-electron chi connectivity index (χ2n) is 6.94. The number of aromatic nitrogens is 2. The number of likely N-dealkylation sites (tertiary alicyclic amines) is 1. The fourth-order valence-corrected chi connectivity index (χ4v) is 3.36. The number of anilines is 1. The summed E-state index contributed by atoms with van der Waals surface area (Å²) in [5.74, 6) is 0.429. The first-order valence-electron chi connectivity index (χ1n) is 9.23. The van der Waals surface area contributed by atoms with Crippen molar-refractivity contribution in [3.05, 3.63) is 53.3 Å². The molecule has 6 heteroatoms. The number of carboxylic acids is 1. The monoisotopic (exact) mass is 354 g/mol. The average molecular weight is 354 g/mol. The molecule has 1 fully saturated rings. The van der Waals surface area contributed by atoms with Gasteiger partial charge in [0.1, 0.15) is 0 Å². The van der Waals surface area contributed by atoms with E-state index in [2.05, 4.69) is 27.1 Å². The van der Waals surface area contributed by atoms with Crippen molar-refractivity contribution in [2.45, 2.75) is 32.7 Å². The van der Waals surface area contributed by atoms with Crippen LogP contribution in [0.5, 0.6) is 0 Å². The van der Waals surface area contributed by atoms with Crippen LogP contribution in [0, 0.1) is 5.92 Å². The molecule has 3 rings (SSSR count). The summed E-state index contributed by atoms with van der Waals surface area (Å²) in [6.45, 7) is 6.01. The van der Waals surface area contributed by atoms with Gasteiger partial charge in [0.05, 0.1) is 5.56 Å². The Bertz CT molecular complexity index is 716. The smallest absolute Gasteiger partial charge is 0.335 e. The molecule has 0 amide bonds. The Labute approximate surface area is 154 Å². The second-order valence-corrected chi connectivity index (χ2v) is 6.94. The predicted molar refractivity (Wildman–Crippen MR) is 101 cm³/mol. The Morgan fingerprint density at radius 3 is 2.62 bits per heavy atom. The van der Waals surface area contributed by atoms with Crippen molar-refractivity contribution in [3.8, 4) is 0 Å². The maximum Gasteiger partial charge on any atom is 0.335 e. The minimum Gasteiger partial charge on any atom is -0.478 e. The zero-order chi connectivity index (χ0) is 18.4. The van der Waals surface area contributed by atoms with Crippen molar-refractivity contribution >= 4 is 11.9 Å². The molecule has 0 saturated carbocycles. The quantitative estimate of drug-likeness (QED) is 0.759. The zero-order valence-corrected chi connectivity index (χ0v) is 15.2. The van der Waals surface area contributed by atoms with Gasteiger partial charge >= 0.3 is 5.97 Å². The normalized spacial score (nSPS) is 17.3. The van der Waals surface area contributed by atoms with E-state index in [1.807, 2.05) is 24.5 Å². The van der Waals surface area contributed by atoms with Crippen molar-refractivity contribution in [2.24, 2.45) is 5.92 Å². The molecule has 2 aromatic rings. The van der Waals surface area contributed by atoms with Crippen LogP contribution in [-0.4, -0.2) is 45.6 Å².